The number of ether oxygens (including phenoxy) is 1. The quantitative estimate of drug-likeness (QED) is 0.704. The third-order valence-corrected chi connectivity index (χ3v) is 6.47. The van der Waals surface area contributed by atoms with Gasteiger partial charge in [-0.1, -0.05) is 6.07 Å². The first-order valence-corrected chi connectivity index (χ1v) is 10.1. The summed E-state index contributed by atoms with van der Waals surface area (Å²) in [6, 6.07) is 4.64. The molecule has 1 amide bonds. The molecule has 2 atom stereocenters. The average molecular weight is 372 g/mol. The zero-order chi connectivity index (χ0) is 18.5. The van der Waals surface area contributed by atoms with E-state index >= 15 is 0 Å². The number of aromatic nitrogens is 1. The van der Waals surface area contributed by atoms with E-state index in [1.165, 1.54) is 17.6 Å². The molecule has 0 aliphatic carbocycles. The molecule has 8 nitrogen and oxygen atoms in total. The Kier molecular flexibility index (Phi) is 6.36. The van der Waals surface area contributed by atoms with E-state index in [9.17, 15) is 18.0 Å². The molecule has 0 bridgehead atoms. The molecule has 1 aliphatic heterocycles. The summed E-state index contributed by atoms with van der Waals surface area (Å²) in [4.78, 5) is 29.5. The number of rotatable bonds is 7. The maximum Gasteiger partial charge on any atom is 0.264 e. The van der Waals surface area contributed by atoms with E-state index in [0.717, 1.165) is 19.1 Å². The molecule has 1 aromatic rings. The van der Waals surface area contributed by atoms with Gasteiger partial charge in [0.1, 0.15) is 0 Å². The molecule has 2 rings (SSSR count). The summed E-state index contributed by atoms with van der Waals surface area (Å²) in [7, 11) is -3.75. The van der Waals surface area contributed by atoms with Crippen molar-refractivity contribution in [3.8, 4) is 0 Å². The molecule has 0 saturated carbocycles. The normalized spacial score (nSPS) is 20.6. The molecule has 140 valence electrons. The van der Waals surface area contributed by atoms with Gasteiger partial charge >= 0.3 is 0 Å². The number of nitrogens with zero attached hydrogens (tertiary/aromatic N) is 1. The number of carbonyl (C=O) groups excluding carboxylic acids is 1. The monoisotopic (exact) mass is 372 g/mol. The summed E-state index contributed by atoms with van der Waals surface area (Å²) in [6.45, 7) is 1.97. The molecular weight excluding hydrogens is 348 g/mol. The molecule has 0 radical (unpaired) electrons. The minimum Gasteiger partial charge on any atom is -0.350 e. The molecule has 2 unspecified atom stereocenters. The van der Waals surface area contributed by atoms with E-state index in [0.29, 0.717) is 13.0 Å². The van der Waals surface area contributed by atoms with Crippen LogP contribution in [-0.2, 0) is 30.8 Å². The van der Waals surface area contributed by atoms with Gasteiger partial charge in [0.25, 0.3) is 5.91 Å². The highest BCUT2D eigenvalue weighted by Crippen LogP contribution is 2.22. The van der Waals surface area contributed by atoms with Crippen molar-refractivity contribution in [1.82, 2.24) is 10.0 Å². The van der Waals surface area contributed by atoms with Crippen LogP contribution in [0.15, 0.2) is 29.2 Å². The van der Waals surface area contributed by atoms with E-state index in [4.69, 9.17) is 9.57 Å². The van der Waals surface area contributed by atoms with Gasteiger partial charge in [-0.25, -0.2) is 18.7 Å². The highest BCUT2D eigenvalue weighted by Gasteiger charge is 2.43. The number of sulfone groups is 1. The van der Waals surface area contributed by atoms with Gasteiger partial charge < -0.3 is 9.30 Å². The molecule has 1 saturated heterocycles. The molecule has 1 fully saturated rings. The van der Waals surface area contributed by atoms with E-state index in [1.54, 1.807) is 18.3 Å². The van der Waals surface area contributed by atoms with Crippen molar-refractivity contribution in [2.45, 2.75) is 50.2 Å². The summed E-state index contributed by atoms with van der Waals surface area (Å²) in [6.07, 6.45) is 4.40. The summed E-state index contributed by atoms with van der Waals surface area (Å²) >= 11 is 0. The number of hydroxylamine groups is 1. The second kappa shape index (κ2) is 8.11. The second-order valence-electron chi connectivity index (χ2n) is 6.33. The van der Waals surface area contributed by atoms with Crippen LogP contribution in [-0.4, -0.2) is 42.8 Å². The average Bonchev–Trinajstić information content (AvgIpc) is 2.58. The molecule has 0 spiro atoms. The largest absolute Gasteiger partial charge is 0.350 e. The Morgan fingerprint density at radius 1 is 1.44 bits per heavy atom. The van der Waals surface area contributed by atoms with Gasteiger partial charge in [-0.15, -0.1) is 0 Å². The third-order valence-electron chi connectivity index (χ3n) is 4.45. The molecule has 1 aliphatic rings. The van der Waals surface area contributed by atoms with Crippen LogP contribution in [0.3, 0.4) is 0 Å². The molecular formula is C16H24N2O6S. The number of aryl methyl sites for hydroxylation is 1. The lowest BCUT2D eigenvalue weighted by Crippen LogP contribution is -2.51. The number of pyridine rings is 1. The maximum absolute atomic E-state index is 12.5. The zero-order valence-corrected chi connectivity index (χ0v) is 15.3. The summed E-state index contributed by atoms with van der Waals surface area (Å²) in [5.41, 5.74) is 1.96. The summed E-state index contributed by atoms with van der Waals surface area (Å²) in [5.74, 6) is -0.770. The van der Waals surface area contributed by atoms with Crippen molar-refractivity contribution >= 4 is 15.7 Å². The van der Waals surface area contributed by atoms with E-state index < -0.39 is 26.8 Å². The smallest absolute Gasteiger partial charge is 0.264 e. The molecule has 0 aromatic carbocycles. The Labute approximate surface area is 147 Å². The summed E-state index contributed by atoms with van der Waals surface area (Å²) < 4.78 is 29.4. The Hall–Kier alpha value is -1.71. The van der Waals surface area contributed by atoms with Crippen molar-refractivity contribution in [3.05, 3.63) is 34.7 Å². The van der Waals surface area contributed by atoms with E-state index in [2.05, 4.69) is 5.48 Å². The van der Waals surface area contributed by atoms with Gasteiger partial charge in [0.2, 0.25) is 5.56 Å². The molecule has 1 aromatic heterocycles. The Morgan fingerprint density at radius 3 is 2.80 bits per heavy atom. The van der Waals surface area contributed by atoms with Crippen molar-refractivity contribution < 1.29 is 22.8 Å². The standard InChI is InChI=1S/C16H24N2O6S/c1-16(25(2,21)22,9-11-18-10-5-3-7-13(18)19)15(20)17-24-14-8-4-6-12-23-14/h3,5,7,10,14H,4,6,8-9,11-12H2,1-2H3,(H,17,20). The van der Waals surface area contributed by atoms with E-state index in [1.807, 2.05) is 0 Å². The SMILES string of the molecule is CC(CCn1ccccc1=O)(C(=O)NOC1CCCCO1)S(C)(=O)=O. The lowest BCUT2D eigenvalue weighted by molar-refractivity contribution is -0.201. The fourth-order valence-corrected chi connectivity index (χ4v) is 3.32. The van der Waals surface area contributed by atoms with Gasteiger partial charge in [0.15, 0.2) is 20.9 Å². The number of hydrogen-bond donors (Lipinski definition) is 1. The van der Waals surface area contributed by atoms with Crippen molar-refractivity contribution in [3.63, 3.8) is 0 Å². The lowest BCUT2D eigenvalue weighted by atomic mass is 10.1. The Morgan fingerprint density at radius 2 is 2.20 bits per heavy atom. The van der Waals surface area contributed by atoms with Crippen LogP contribution in [0.5, 0.6) is 0 Å². The van der Waals surface area contributed by atoms with Gasteiger partial charge in [-0.2, -0.15) is 0 Å². The number of amides is 1. The predicted molar refractivity (Wildman–Crippen MR) is 91.4 cm³/mol. The minimum absolute atomic E-state index is 0.0591. The zero-order valence-electron chi connectivity index (χ0n) is 14.4. The van der Waals surface area contributed by atoms with Crippen molar-refractivity contribution in [1.29, 1.82) is 0 Å². The van der Waals surface area contributed by atoms with Crippen LogP contribution < -0.4 is 11.0 Å². The van der Waals surface area contributed by atoms with Crippen LogP contribution >= 0.6 is 0 Å². The summed E-state index contributed by atoms with van der Waals surface area (Å²) in [5, 5.41) is 0. The first-order valence-electron chi connectivity index (χ1n) is 8.17. The fourth-order valence-electron chi connectivity index (χ4n) is 2.48. The van der Waals surface area contributed by atoms with Gasteiger partial charge in [-0.3, -0.25) is 9.59 Å². The van der Waals surface area contributed by atoms with Gasteiger partial charge in [0, 0.05) is 38.1 Å². The molecule has 25 heavy (non-hydrogen) atoms. The molecule has 9 heteroatoms. The van der Waals surface area contributed by atoms with Crippen LogP contribution in [0.25, 0.3) is 0 Å². The molecule has 1 N–H and O–H groups in total. The first kappa shape index (κ1) is 19.6. The Bertz CT molecular complexity index is 754. The van der Waals surface area contributed by atoms with Crippen molar-refractivity contribution in [2.24, 2.45) is 0 Å². The van der Waals surface area contributed by atoms with Crippen LogP contribution in [0, 0.1) is 0 Å². The number of carbonyl (C=O) groups is 1. The first-order chi connectivity index (χ1) is 11.7. The highest BCUT2D eigenvalue weighted by molar-refractivity contribution is 7.92. The van der Waals surface area contributed by atoms with Crippen LogP contribution in [0.4, 0.5) is 0 Å². The fraction of sp³-hybridized carbons (Fsp3) is 0.625. The van der Waals surface area contributed by atoms with Crippen molar-refractivity contribution in [2.75, 3.05) is 12.9 Å². The highest BCUT2D eigenvalue weighted by atomic mass is 32.2. The number of hydrogen-bond acceptors (Lipinski definition) is 6. The third kappa shape index (κ3) is 4.90. The lowest BCUT2D eigenvalue weighted by Gasteiger charge is -2.28. The predicted octanol–water partition coefficient (Wildman–Crippen LogP) is 0.616. The van der Waals surface area contributed by atoms with Crippen LogP contribution in [0.1, 0.15) is 32.6 Å². The molecule has 2 heterocycles. The van der Waals surface area contributed by atoms with Crippen LogP contribution in [0.2, 0.25) is 0 Å². The topological polar surface area (TPSA) is 104 Å². The van der Waals surface area contributed by atoms with Gasteiger partial charge in [-0.05, 0) is 32.3 Å². The van der Waals surface area contributed by atoms with E-state index in [-0.39, 0.29) is 18.5 Å². The number of nitrogens with one attached hydrogen (secondary N) is 1. The van der Waals surface area contributed by atoms with Gasteiger partial charge in [0.05, 0.1) is 0 Å². The maximum atomic E-state index is 12.5. The minimum atomic E-state index is -3.75. The second-order valence-corrected chi connectivity index (χ2v) is 8.78. The Balaban J connectivity index is 2.06.